The van der Waals surface area contributed by atoms with Crippen LogP contribution in [0.1, 0.15) is 22.3 Å². The van der Waals surface area contributed by atoms with Crippen molar-refractivity contribution in [2.24, 2.45) is 0 Å². The van der Waals surface area contributed by atoms with Gasteiger partial charge in [0.25, 0.3) is 0 Å². The molecule has 10 aromatic rings. The fourth-order valence-electron chi connectivity index (χ4n) is 8.19. The fraction of sp³-hybridized carbons (Fsp3) is 0.0870. The quantitative estimate of drug-likeness (QED) is 0.131. The van der Waals surface area contributed by atoms with Crippen LogP contribution >= 0.6 is 0 Å². The monoisotopic (exact) mass is 851 g/mol. The summed E-state index contributed by atoms with van der Waals surface area (Å²) in [4.78, 5) is 9.79. The van der Waals surface area contributed by atoms with Gasteiger partial charge in [0.05, 0.1) is 17.0 Å². The first-order valence-electron chi connectivity index (χ1n) is 17.3. The molecule has 0 fully saturated rings. The molecule has 6 heteroatoms. The Morgan fingerprint density at radius 2 is 1.17 bits per heavy atom. The van der Waals surface area contributed by atoms with E-state index in [0.29, 0.717) is 11.5 Å². The number of ether oxygens (including phenoxy) is 1. The minimum absolute atomic E-state index is 0. The van der Waals surface area contributed by atoms with Gasteiger partial charge in [0.15, 0.2) is 0 Å². The fourth-order valence-corrected chi connectivity index (χ4v) is 8.19. The van der Waals surface area contributed by atoms with E-state index in [-0.39, 0.29) is 21.1 Å². The Bertz CT molecular complexity index is 3010. The molecule has 6 aromatic carbocycles. The number of hydrogen-bond donors (Lipinski definition) is 0. The van der Waals surface area contributed by atoms with Crippen molar-refractivity contribution in [1.82, 2.24) is 18.8 Å². The molecular weight excluding hydrogens is 820 g/mol. The van der Waals surface area contributed by atoms with Crippen molar-refractivity contribution in [2.45, 2.75) is 27.7 Å². The molecule has 5 nitrogen and oxygen atoms in total. The SMILES string of the molecule is Cc1cccc(C)c1-c1cccc2c1c1ccc(Oc3[c-]c4c(cc3)c3ccccc3n3c(-c5c(C)cccc5C)cnc43)[c-]c1c1nccn21.[Pt+2]. The molecule has 0 unspecified atom stereocenters. The zero-order valence-corrected chi connectivity index (χ0v) is 31.3. The van der Waals surface area contributed by atoms with Crippen LogP contribution in [0.5, 0.6) is 11.5 Å². The molecule has 4 heterocycles. The first-order valence-corrected chi connectivity index (χ1v) is 17.3. The van der Waals surface area contributed by atoms with Crippen molar-refractivity contribution in [1.29, 1.82) is 0 Å². The Balaban J connectivity index is 0.00000360. The van der Waals surface area contributed by atoms with E-state index < -0.39 is 0 Å². The first-order chi connectivity index (χ1) is 25.0. The summed E-state index contributed by atoms with van der Waals surface area (Å²) < 4.78 is 11.0. The molecule has 0 bridgehead atoms. The van der Waals surface area contributed by atoms with Gasteiger partial charge in [-0.1, -0.05) is 113 Å². The normalized spacial score (nSPS) is 11.7. The smallest absolute Gasteiger partial charge is 0.497 e. The number of aromatic nitrogens is 4. The minimum Gasteiger partial charge on any atom is -0.497 e. The number of imidazole rings is 2. The number of hydrogen-bond acceptors (Lipinski definition) is 3. The van der Waals surface area contributed by atoms with Gasteiger partial charge in [-0.3, -0.25) is 9.97 Å². The van der Waals surface area contributed by atoms with Gasteiger partial charge < -0.3 is 13.5 Å². The molecule has 52 heavy (non-hydrogen) atoms. The predicted molar refractivity (Wildman–Crippen MR) is 208 cm³/mol. The van der Waals surface area contributed by atoms with Crippen LogP contribution in [0.15, 0.2) is 122 Å². The Morgan fingerprint density at radius 1 is 0.558 bits per heavy atom. The van der Waals surface area contributed by atoms with Gasteiger partial charge in [-0.15, -0.1) is 12.1 Å². The molecule has 0 saturated heterocycles. The molecule has 0 radical (unpaired) electrons. The third-order valence-electron chi connectivity index (χ3n) is 10.4. The molecule has 0 spiro atoms. The minimum atomic E-state index is 0. The average Bonchev–Trinajstić information content (AvgIpc) is 3.81. The summed E-state index contributed by atoms with van der Waals surface area (Å²) in [6, 6.07) is 43.4. The van der Waals surface area contributed by atoms with Crippen molar-refractivity contribution < 1.29 is 25.8 Å². The molecule has 0 saturated carbocycles. The maximum Gasteiger partial charge on any atom is 2.00 e. The number of nitrogens with zero attached hydrogens (tertiary/aromatic N) is 4. The zero-order chi connectivity index (χ0) is 34.4. The summed E-state index contributed by atoms with van der Waals surface area (Å²) >= 11 is 0. The molecule has 0 aliphatic carbocycles. The molecule has 0 aliphatic rings. The van der Waals surface area contributed by atoms with E-state index in [2.05, 4.69) is 140 Å². The Labute approximate surface area is 315 Å². The van der Waals surface area contributed by atoms with Crippen molar-refractivity contribution in [3.05, 3.63) is 156 Å². The zero-order valence-electron chi connectivity index (χ0n) is 29.1. The second-order valence-corrected chi connectivity index (χ2v) is 13.5. The first kappa shape index (κ1) is 32.2. The number of aryl methyl sites for hydroxylation is 4. The number of benzene rings is 6. The van der Waals surface area contributed by atoms with Gasteiger partial charge in [-0.05, 0) is 84.0 Å². The van der Waals surface area contributed by atoms with E-state index in [1.54, 1.807) is 0 Å². The number of fused-ring (bicyclic) bond motifs is 12. The van der Waals surface area contributed by atoms with Crippen LogP contribution in [0.2, 0.25) is 0 Å². The Kier molecular flexibility index (Phi) is 7.53. The van der Waals surface area contributed by atoms with E-state index in [4.69, 9.17) is 14.7 Å². The van der Waals surface area contributed by atoms with Gasteiger partial charge in [0.1, 0.15) is 0 Å². The maximum atomic E-state index is 6.59. The molecular formula is C46H32N4OPt. The molecule has 252 valence electrons. The van der Waals surface area contributed by atoms with Crippen LogP contribution in [0.3, 0.4) is 0 Å². The summed E-state index contributed by atoms with van der Waals surface area (Å²) in [5, 5.41) is 6.29. The molecule has 4 aromatic heterocycles. The summed E-state index contributed by atoms with van der Waals surface area (Å²) in [5.41, 5.74) is 13.6. The Morgan fingerprint density at radius 3 is 1.90 bits per heavy atom. The van der Waals surface area contributed by atoms with Gasteiger partial charge in [-0.25, -0.2) is 0 Å². The number of para-hydroxylation sites is 1. The van der Waals surface area contributed by atoms with Crippen LogP contribution in [-0.4, -0.2) is 18.8 Å². The predicted octanol–water partition coefficient (Wildman–Crippen LogP) is 11.6. The van der Waals surface area contributed by atoms with Crippen molar-refractivity contribution in [3.8, 4) is 33.9 Å². The second-order valence-electron chi connectivity index (χ2n) is 13.5. The van der Waals surface area contributed by atoms with Crippen molar-refractivity contribution in [3.63, 3.8) is 0 Å². The van der Waals surface area contributed by atoms with Crippen LogP contribution in [0.4, 0.5) is 0 Å². The molecule has 0 atom stereocenters. The molecule has 0 aliphatic heterocycles. The summed E-state index contributed by atoms with van der Waals surface area (Å²) in [5.74, 6) is 1.20. The van der Waals surface area contributed by atoms with Gasteiger partial charge in [0, 0.05) is 46.7 Å². The summed E-state index contributed by atoms with van der Waals surface area (Å²) in [6.45, 7) is 8.69. The molecule has 10 rings (SSSR count). The third-order valence-corrected chi connectivity index (χ3v) is 10.4. The van der Waals surface area contributed by atoms with Gasteiger partial charge >= 0.3 is 21.1 Å². The van der Waals surface area contributed by atoms with E-state index in [1.807, 2.05) is 30.7 Å². The number of pyridine rings is 2. The standard InChI is InChI=1S/C46H32N4O.Pt/c1-27-10-7-11-28(2)42(27)36-15-9-17-40-44(36)35-21-19-32(25-38(35)45-47-22-23-49(40)45)51-31-18-20-33-34-14-5-6-16-39(34)50-41(26-48-46(50)37(33)24-31)43-29(3)12-8-13-30(43)4;/h5-23,26H,1-4H3;/q-2;+2. The van der Waals surface area contributed by atoms with E-state index in [0.717, 1.165) is 55.0 Å². The van der Waals surface area contributed by atoms with Crippen LogP contribution in [0.25, 0.3) is 77.0 Å². The largest absolute Gasteiger partial charge is 2.00 e. The summed E-state index contributed by atoms with van der Waals surface area (Å²) in [6.07, 6.45) is 5.86. The van der Waals surface area contributed by atoms with Crippen molar-refractivity contribution >= 4 is 54.6 Å². The van der Waals surface area contributed by atoms with Gasteiger partial charge in [0.2, 0.25) is 0 Å². The number of rotatable bonds is 4. The Hall–Kier alpha value is -5.77. The average molecular weight is 852 g/mol. The van der Waals surface area contributed by atoms with Crippen molar-refractivity contribution in [2.75, 3.05) is 0 Å². The van der Waals surface area contributed by atoms with Crippen LogP contribution in [-0.2, 0) is 21.1 Å². The van der Waals surface area contributed by atoms with Gasteiger partial charge in [-0.2, -0.15) is 0 Å². The van der Waals surface area contributed by atoms with E-state index >= 15 is 0 Å². The molecule has 0 amide bonds. The van der Waals surface area contributed by atoms with E-state index in [1.165, 1.54) is 44.3 Å². The van der Waals surface area contributed by atoms with Crippen LogP contribution in [0, 0.1) is 39.8 Å². The third kappa shape index (κ3) is 4.73. The van der Waals surface area contributed by atoms with Crippen LogP contribution < -0.4 is 4.74 Å². The topological polar surface area (TPSA) is 43.8 Å². The molecule has 0 N–H and O–H groups in total. The van der Waals surface area contributed by atoms with E-state index in [9.17, 15) is 0 Å². The second kappa shape index (κ2) is 12.2. The maximum absolute atomic E-state index is 6.59. The summed E-state index contributed by atoms with van der Waals surface area (Å²) in [7, 11) is 0.